The van der Waals surface area contributed by atoms with E-state index >= 15 is 0 Å². The lowest BCUT2D eigenvalue weighted by Gasteiger charge is -2.09. The minimum absolute atomic E-state index is 0.130. The zero-order valence-electron chi connectivity index (χ0n) is 11.3. The lowest BCUT2D eigenvalue weighted by atomic mass is 10.1. The Morgan fingerprint density at radius 2 is 1.86 bits per heavy atom. The van der Waals surface area contributed by atoms with Crippen molar-refractivity contribution in [1.82, 2.24) is 9.55 Å². The molecular formula is C16H14FN3O. The van der Waals surface area contributed by atoms with E-state index in [0.717, 1.165) is 0 Å². The van der Waals surface area contributed by atoms with Crippen LogP contribution in [0.4, 0.5) is 4.39 Å². The summed E-state index contributed by atoms with van der Waals surface area (Å²) in [5.41, 5.74) is 6.82. The summed E-state index contributed by atoms with van der Waals surface area (Å²) < 4.78 is 15.6. The Hall–Kier alpha value is -2.53. The summed E-state index contributed by atoms with van der Waals surface area (Å²) in [6.07, 6.45) is 1.44. The van der Waals surface area contributed by atoms with E-state index in [1.54, 1.807) is 36.4 Å². The molecule has 106 valence electrons. The molecule has 0 saturated heterocycles. The summed E-state index contributed by atoms with van der Waals surface area (Å²) in [4.78, 5) is 16.6. The zero-order chi connectivity index (χ0) is 14.8. The van der Waals surface area contributed by atoms with Crippen LogP contribution in [-0.4, -0.2) is 9.55 Å². The van der Waals surface area contributed by atoms with E-state index in [2.05, 4.69) is 4.98 Å². The Bertz CT molecular complexity index is 858. The van der Waals surface area contributed by atoms with Crippen LogP contribution >= 0.6 is 0 Å². The second-order valence-electron chi connectivity index (χ2n) is 4.79. The normalized spacial score (nSPS) is 11.0. The molecule has 0 bridgehead atoms. The van der Waals surface area contributed by atoms with E-state index in [9.17, 15) is 9.18 Å². The van der Waals surface area contributed by atoms with Crippen LogP contribution in [0.3, 0.4) is 0 Å². The highest BCUT2D eigenvalue weighted by atomic mass is 19.1. The summed E-state index contributed by atoms with van der Waals surface area (Å²) in [7, 11) is 0. The van der Waals surface area contributed by atoms with Gasteiger partial charge in [-0.1, -0.05) is 30.3 Å². The molecule has 1 aromatic heterocycles. The second kappa shape index (κ2) is 5.46. The highest BCUT2D eigenvalue weighted by Crippen LogP contribution is 2.14. The van der Waals surface area contributed by atoms with Gasteiger partial charge in [0.15, 0.2) is 0 Å². The minimum atomic E-state index is -0.361. The number of nitrogens with two attached hydrogens (primary N) is 1. The third-order valence-corrected chi connectivity index (χ3v) is 3.45. The van der Waals surface area contributed by atoms with Crippen molar-refractivity contribution in [2.75, 3.05) is 0 Å². The number of fused-ring (bicyclic) bond motifs is 1. The SMILES string of the molecule is NCc1cccc(Cn2cnc3ccccc3c2=O)c1F. The second-order valence-corrected chi connectivity index (χ2v) is 4.79. The van der Waals surface area contributed by atoms with Gasteiger partial charge < -0.3 is 5.73 Å². The first-order valence-corrected chi connectivity index (χ1v) is 6.61. The number of hydrogen-bond acceptors (Lipinski definition) is 3. The predicted molar refractivity (Wildman–Crippen MR) is 79.4 cm³/mol. The average molecular weight is 283 g/mol. The molecule has 0 amide bonds. The molecule has 5 heteroatoms. The number of halogens is 1. The molecule has 0 spiro atoms. The molecule has 4 nitrogen and oxygen atoms in total. The van der Waals surface area contributed by atoms with Gasteiger partial charge in [0, 0.05) is 17.7 Å². The summed E-state index contributed by atoms with van der Waals surface area (Å²) >= 11 is 0. The van der Waals surface area contributed by atoms with Crippen molar-refractivity contribution in [1.29, 1.82) is 0 Å². The van der Waals surface area contributed by atoms with Crippen LogP contribution in [0, 0.1) is 5.82 Å². The molecular weight excluding hydrogens is 269 g/mol. The van der Waals surface area contributed by atoms with Gasteiger partial charge in [-0.25, -0.2) is 9.37 Å². The van der Waals surface area contributed by atoms with Crippen LogP contribution in [0.2, 0.25) is 0 Å². The van der Waals surface area contributed by atoms with Crippen LogP contribution in [-0.2, 0) is 13.1 Å². The molecule has 0 aliphatic rings. The highest BCUT2D eigenvalue weighted by molar-refractivity contribution is 5.76. The maximum absolute atomic E-state index is 14.2. The molecule has 0 aliphatic heterocycles. The van der Waals surface area contributed by atoms with Crippen molar-refractivity contribution in [3.63, 3.8) is 0 Å². The fraction of sp³-hybridized carbons (Fsp3) is 0.125. The first-order chi connectivity index (χ1) is 10.2. The summed E-state index contributed by atoms with van der Waals surface area (Å²) in [5, 5.41) is 0.524. The molecule has 0 saturated carbocycles. The third-order valence-electron chi connectivity index (χ3n) is 3.45. The summed E-state index contributed by atoms with van der Waals surface area (Å²) in [6, 6.07) is 12.1. The average Bonchev–Trinajstić information content (AvgIpc) is 2.52. The van der Waals surface area contributed by atoms with Gasteiger partial charge in [-0.05, 0) is 12.1 Å². The molecule has 0 fully saturated rings. The van der Waals surface area contributed by atoms with Gasteiger partial charge in [-0.3, -0.25) is 9.36 Å². The van der Waals surface area contributed by atoms with Crippen molar-refractivity contribution in [2.24, 2.45) is 5.73 Å². The van der Waals surface area contributed by atoms with Gasteiger partial charge in [0.05, 0.1) is 23.8 Å². The Labute approximate surface area is 120 Å². The van der Waals surface area contributed by atoms with Crippen LogP contribution in [0.15, 0.2) is 53.6 Å². The van der Waals surface area contributed by atoms with Crippen LogP contribution in [0.25, 0.3) is 10.9 Å². The molecule has 0 atom stereocenters. The van der Waals surface area contributed by atoms with Crippen molar-refractivity contribution >= 4 is 10.9 Å². The Kier molecular flexibility index (Phi) is 3.50. The Balaban J connectivity index is 2.07. The van der Waals surface area contributed by atoms with Crippen LogP contribution in [0.1, 0.15) is 11.1 Å². The largest absolute Gasteiger partial charge is 0.326 e. The quantitative estimate of drug-likeness (QED) is 0.800. The number of hydrogen-bond donors (Lipinski definition) is 1. The van der Waals surface area contributed by atoms with E-state index in [-0.39, 0.29) is 24.5 Å². The van der Waals surface area contributed by atoms with Gasteiger partial charge >= 0.3 is 0 Å². The fourth-order valence-electron chi connectivity index (χ4n) is 2.31. The van der Waals surface area contributed by atoms with Gasteiger partial charge in [0.1, 0.15) is 5.82 Å². The maximum Gasteiger partial charge on any atom is 0.261 e. The Morgan fingerprint density at radius 1 is 1.10 bits per heavy atom. The van der Waals surface area contributed by atoms with Crippen molar-refractivity contribution in [2.45, 2.75) is 13.1 Å². The van der Waals surface area contributed by atoms with Gasteiger partial charge in [-0.2, -0.15) is 0 Å². The first kappa shape index (κ1) is 13.5. The molecule has 0 aliphatic carbocycles. The number of benzene rings is 2. The van der Waals surface area contributed by atoms with Crippen LogP contribution < -0.4 is 11.3 Å². The van der Waals surface area contributed by atoms with E-state index in [1.807, 2.05) is 6.07 Å². The smallest absolute Gasteiger partial charge is 0.261 e. The van der Waals surface area contributed by atoms with Crippen molar-refractivity contribution in [3.8, 4) is 0 Å². The van der Waals surface area contributed by atoms with E-state index in [0.29, 0.717) is 22.0 Å². The number of para-hydroxylation sites is 1. The highest BCUT2D eigenvalue weighted by Gasteiger charge is 2.09. The first-order valence-electron chi connectivity index (χ1n) is 6.61. The summed E-state index contributed by atoms with van der Waals surface area (Å²) in [6.45, 7) is 0.265. The molecule has 2 aromatic carbocycles. The van der Waals surface area contributed by atoms with Gasteiger partial charge in [0.25, 0.3) is 5.56 Å². The number of aromatic nitrogens is 2. The van der Waals surface area contributed by atoms with Gasteiger partial charge in [0.2, 0.25) is 0 Å². The lowest BCUT2D eigenvalue weighted by Crippen LogP contribution is -2.21. The number of nitrogens with zero attached hydrogens (tertiary/aromatic N) is 2. The molecule has 3 rings (SSSR count). The van der Waals surface area contributed by atoms with E-state index < -0.39 is 0 Å². The van der Waals surface area contributed by atoms with Crippen LogP contribution in [0.5, 0.6) is 0 Å². The molecule has 0 unspecified atom stereocenters. The van der Waals surface area contributed by atoms with Gasteiger partial charge in [-0.15, -0.1) is 0 Å². The van der Waals surface area contributed by atoms with Crippen molar-refractivity contribution in [3.05, 3.63) is 76.1 Å². The van der Waals surface area contributed by atoms with E-state index in [1.165, 1.54) is 10.9 Å². The topological polar surface area (TPSA) is 60.9 Å². The fourth-order valence-corrected chi connectivity index (χ4v) is 2.31. The summed E-state index contributed by atoms with van der Waals surface area (Å²) in [5.74, 6) is -0.361. The molecule has 1 heterocycles. The molecule has 3 aromatic rings. The Morgan fingerprint density at radius 3 is 2.67 bits per heavy atom. The molecule has 21 heavy (non-hydrogen) atoms. The number of rotatable bonds is 3. The third kappa shape index (κ3) is 2.43. The standard InChI is InChI=1S/C16H14FN3O/c17-15-11(8-18)4-3-5-12(15)9-20-10-19-14-7-2-1-6-13(14)16(20)21/h1-7,10H,8-9,18H2. The lowest BCUT2D eigenvalue weighted by molar-refractivity contribution is 0.581. The zero-order valence-corrected chi connectivity index (χ0v) is 11.3. The van der Waals surface area contributed by atoms with Crippen molar-refractivity contribution < 1.29 is 4.39 Å². The monoisotopic (exact) mass is 283 g/mol. The predicted octanol–water partition coefficient (Wildman–Crippen LogP) is 2.04. The maximum atomic E-state index is 14.2. The minimum Gasteiger partial charge on any atom is -0.326 e. The molecule has 0 radical (unpaired) electrons. The molecule has 2 N–H and O–H groups in total. The van der Waals surface area contributed by atoms with E-state index in [4.69, 9.17) is 5.73 Å².